The first-order chi connectivity index (χ1) is 22.1. The number of nitrogens with zero attached hydrogens (tertiary/aromatic N) is 1. The molecule has 0 saturated carbocycles. The molecule has 9 rings (SSSR count). The third kappa shape index (κ3) is 4.06. The summed E-state index contributed by atoms with van der Waals surface area (Å²) >= 11 is 1.87. The summed E-state index contributed by atoms with van der Waals surface area (Å²) in [6.45, 7) is 4.71. The van der Waals surface area contributed by atoms with Gasteiger partial charge in [-0.15, -0.1) is 11.3 Å². The van der Waals surface area contributed by atoms with Crippen LogP contribution in [0.1, 0.15) is 25.0 Å². The summed E-state index contributed by atoms with van der Waals surface area (Å²) in [4.78, 5) is 2.44. The largest absolute Gasteiger partial charge is 0.310 e. The Morgan fingerprint density at radius 3 is 2.02 bits per heavy atom. The van der Waals surface area contributed by atoms with Crippen molar-refractivity contribution in [1.29, 1.82) is 0 Å². The molecule has 214 valence electrons. The van der Waals surface area contributed by atoms with Crippen molar-refractivity contribution in [3.63, 3.8) is 0 Å². The summed E-state index contributed by atoms with van der Waals surface area (Å²) in [7, 11) is 0. The number of thiophene rings is 1. The molecular formula is C43H31NS. The predicted octanol–water partition coefficient (Wildman–Crippen LogP) is 12.7. The van der Waals surface area contributed by atoms with Gasteiger partial charge < -0.3 is 4.90 Å². The van der Waals surface area contributed by atoms with Gasteiger partial charge in [-0.3, -0.25) is 0 Å². The highest BCUT2D eigenvalue weighted by Gasteiger charge is 2.35. The molecule has 1 aliphatic rings. The van der Waals surface area contributed by atoms with Crippen molar-refractivity contribution < 1.29 is 0 Å². The van der Waals surface area contributed by atoms with Gasteiger partial charge in [0.1, 0.15) is 0 Å². The van der Waals surface area contributed by atoms with E-state index in [1.54, 1.807) is 0 Å². The number of rotatable bonds is 4. The molecule has 0 N–H and O–H groups in total. The van der Waals surface area contributed by atoms with Crippen LogP contribution < -0.4 is 4.90 Å². The number of benzene rings is 7. The first kappa shape index (κ1) is 26.2. The van der Waals surface area contributed by atoms with Crippen molar-refractivity contribution in [3.8, 4) is 22.3 Å². The lowest BCUT2D eigenvalue weighted by Crippen LogP contribution is -2.16. The van der Waals surface area contributed by atoms with E-state index in [1.165, 1.54) is 70.0 Å². The Kier molecular flexibility index (Phi) is 5.78. The average Bonchev–Trinajstić information content (AvgIpc) is 3.56. The Labute approximate surface area is 267 Å². The van der Waals surface area contributed by atoms with Crippen LogP contribution >= 0.6 is 11.3 Å². The lowest BCUT2D eigenvalue weighted by atomic mass is 9.82. The molecule has 0 fully saturated rings. The van der Waals surface area contributed by atoms with Crippen LogP contribution in [-0.4, -0.2) is 0 Å². The number of anilines is 3. The minimum Gasteiger partial charge on any atom is -0.310 e. The van der Waals surface area contributed by atoms with Crippen molar-refractivity contribution in [2.24, 2.45) is 0 Å². The molecule has 1 nitrogen and oxygen atoms in total. The lowest BCUT2D eigenvalue weighted by Gasteiger charge is -2.28. The lowest BCUT2D eigenvalue weighted by molar-refractivity contribution is 0.660. The molecule has 0 aliphatic heterocycles. The zero-order chi connectivity index (χ0) is 30.1. The first-order valence-corrected chi connectivity index (χ1v) is 16.4. The molecule has 7 aromatic carbocycles. The Hall–Kier alpha value is -5.18. The molecule has 0 saturated heterocycles. The first-order valence-electron chi connectivity index (χ1n) is 15.6. The molecule has 0 atom stereocenters. The number of hydrogen-bond donors (Lipinski definition) is 0. The minimum atomic E-state index is -0.0756. The molecule has 1 heterocycles. The predicted molar refractivity (Wildman–Crippen MR) is 195 cm³/mol. The third-order valence-electron chi connectivity index (χ3n) is 9.65. The van der Waals surface area contributed by atoms with E-state index < -0.39 is 0 Å². The number of hydrogen-bond acceptors (Lipinski definition) is 2. The highest BCUT2D eigenvalue weighted by Crippen LogP contribution is 2.51. The highest BCUT2D eigenvalue weighted by molar-refractivity contribution is 7.25. The SMILES string of the molecule is CC1(C)c2ccccc2-c2ccc(N(c3cccc(-c4cccc5ccccc45)c3)c3ccc4c(c3)sc3ccccc34)cc21. The third-order valence-corrected chi connectivity index (χ3v) is 10.8. The smallest absolute Gasteiger partial charge is 0.0476 e. The standard InChI is InChI=1S/C43H31NS/c1-43(2)39-19-7-5-16-35(39)36-23-21-31(26-40(36)43)44(32-22-24-38-37-17-6-8-20-41(37)45-42(38)27-32)30-14-9-13-29(25-30)34-18-10-12-28-11-3-4-15-33(28)34/h3-27H,1-2H3. The normalized spacial score (nSPS) is 13.3. The van der Waals surface area contributed by atoms with Gasteiger partial charge in [0.25, 0.3) is 0 Å². The van der Waals surface area contributed by atoms with Gasteiger partial charge in [-0.25, -0.2) is 0 Å². The molecular weight excluding hydrogens is 563 g/mol. The summed E-state index contributed by atoms with van der Waals surface area (Å²) < 4.78 is 2.63. The summed E-state index contributed by atoms with van der Waals surface area (Å²) in [5, 5.41) is 5.17. The summed E-state index contributed by atoms with van der Waals surface area (Å²) in [6, 6.07) is 55.9. The maximum atomic E-state index is 2.44. The highest BCUT2D eigenvalue weighted by atomic mass is 32.1. The van der Waals surface area contributed by atoms with E-state index in [9.17, 15) is 0 Å². The van der Waals surface area contributed by atoms with Gasteiger partial charge >= 0.3 is 0 Å². The maximum absolute atomic E-state index is 2.44. The Morgan fingerprint density at radius 1 is 0.444 bits per heavy atom. The molecule has 1 aromatic heterocycles. The zero-order valence-corrected chi connectivity index (χ0v) is 26.1. The van der Waals surface area contributed by atoms with Crippen LogP contribution in [0.15, 0.2) is 152 Å². The Bertz CT molecular complexity index is 2420. The van der Waals surface area contributed by atoms with Crippen LogP contribution in [0.25, 0.3) is 53.2 Å². The van der Waals surface area contributed by atoms with E-state index in [1.807, 2.05) is 11.3 Å². The molecule has 0 amide bonds. The molecule has 0 unspecified atom stereocenters. The van der Waals surface area contributed by atoms with Crippen LogP contribution in [0.2, 0.25) is 0 Å². The van der Waals surface area contributed by atoms with E-state index in [2.05, 4.69) is 170 Å². The van der Waals surface area contributed by atoms with Gasteiger partial charge in [0.2, 0.25) is 0 Å². The van der Waals surface area contributed by atoms with Crippen molar-refractivity contribution in [2.75, 3.05) is 4.90 Å². The van der Waals surface area contributed by atoms with Gasteiger partial charge in [0, 0.05) is 42.6 Å². The fraction of sp³-hybridized carbons (Fsp3) is 0.0698. The molecule has 1 aliphatic carbocycles. The second kappa shape index (κ2) is 9.92. The zero-order valence-electron chi connectivity index (χ0n) is 25.3. The molecule has 0 spiro atoms. The van der Waals surface area contributed by atoms with Crippen LogP contribution in [-0.2, 0) is 5.41 Å². The fourth-order valence-corrected chi connectivity index (χ4v) is 8.56. The van der Waals surface area contributed by atoms with Crippen LogP contribution in [0.3, 0.4) is 0 Å². The minimum absolute atomic E-state index is 0.0756. The summed E-state index contributed by atoms with van der Waals surface area (Å²) in [5.74, 6) is 0. The van der Waals surface area contributed by atoms with E-state index in [0.29, 0.717) is 0 Å². The molecule has 0 bridgehead atoms. The maximum Gasteiger partial charge on any atom is 0.0476 e. The van der Waals surface area contributed by atoms with Crippen LogP contribution in [0.4, 0.5) is 17.1 Å². The summed E-state index contributed by atoms with van der Waals surface area (Å²) in [5.41, 5.74) is 11.3. The van der Waals surface area contributed by atoms with Crippen LogP contribution in [0.5, 0.6) is 0 Å². The monoisotopic (exact) mass is 593 g/mol. The van der Waals surface area contributed by atoms with Crippen molar-refractivity contribution >= 4 is 59.3 Å². The molecule has 0 radical (unpaired) electrons. The van der Waals surface area contributed by atoms with Gasteiger partial charge in [0.05, 0.1) is 0 Å². The molecule has 2 heteroatoms. The van der Waals surface area contributed by atoms with E-state index >= 15 is 0 Å². The van der Waals surface area contributed by atoms with E-state index in [4.69, 9.17) is 0 Å². The van der Waals surface area contributed by atoms with E-state index in [0.717, 1.165) is 11.4 Å². The van der Waals surface area contributed by atoms with Crippen molar-refractivity contribution in [3.05, 3.63) is 163 Å². The number of fused-ring (bicyclic) bond motifs is 7. The van der Waals surface area contributed by atoms with Gasteiger partial charge in [-0.2, -0.15) is 0 Å². The molecule has 45 heavy (non-hydrogen) atoms. The van der Waals surface area contributed by atoms with Crippen LogP contribution in [0, 0.1) is 0 Å². The second-order valence-electron chi connectivity index (χ2n) is 12.6. The summed E-state index contributed by atoms with van der Waals surface area (Å²) in [6.07, 6.45) is 0. The quantitative estimate of drug-likeness (QED) is 0.196. The molecule has 8 aromatic rings. The van der Waals surface area contributed by atoms with E-state index in [-0.39, 0.29) is 5.41 Å². The average molecular weight is 594 g/mol. The van der Waals surface area contributed by atoms with Crippen molar-refractivity contribution in [1.82, 2.24) is 0 Å². The van der Waals surface area contributed by atoms with Crippen molar-refractivity contribution in [2.45, 2.75) is 19.3 Å². The topological polar surface area (TPSA) is 3.24 Å². The van der Waals surface area contributed by atoms with Gasteiger partial charge in [-0.05, 0) is 86.6 Å². The Balaban J connectivity index is 1.26. The second-order valence-corrected chi connectivity index (χ2v) is 13.7. The van der Waals surface area contributed by atoms with Gasteiger partial charge in [0.15, 0.2) is 0 Å². The fourth-order valence-electron chi connectivity index (χ4n) is 7.42. The Morgan fingerprint density at radius 2 is 1.09 bits per heavy atom. The van der Waals surface area contributed by atoms with Gasteiger partial charge in [-0.1, -0.05) is 123 Å².